The van der Waals surface area contributed by atoms with Crippen LogP contribution < -0.4 is 15.7 Å². The van der Waals surface area contributed by atoms with Gasteiger partial charge in [-0.3, -0.25) is 4.79 Å². The highest BCUT2D eigenvalue weighted by molar-refractivity contribution is 5.99. The summed E-state index contributed by atoms with van der Waals surface area (Å²) in [4.78, 5) is 24.8. The number of nitrogens with zero attached hydrogens (tertiary/aromatic N) is 1. The van der Waals surface area contributed by atoms with E-state index in [2.05, 4.69) is 15.0 Å². The van der Waals surface area contributed by atoms with Gasteiger partial charge in [0, 0.05) is 28.5 Å². The Morgan fingerprint density at radius 3 is 2.65 bits per heavy atom. The van der Waals surface area contributed by atoms with Gasteiger partial charge in [-0.05, 0) is 44.0 Å². The molecule has 0 saturated carbocycles. The number of rotatable bonds is 5. The first kappa shape index (κ1) is 23.7. The van der Waals surface area contributed by atoms with Crippen LogP contribution in [-0.4, -0.2) is 34.6 Å². The zero-order valence-corrected chi connectivity index (χ0v) is 18.5. The summed E-state index contributed by atoms with van der Waals surface area (Å²) in [5, 5.41) is 17.2. The third-order valence-corrected chi connectivity index (χ3v) is 6.56. The van der Waals surface area contributed by atoms with Crippen molar-refractivity contribution in [3.05, 3.63) is 64.1 Å². The highest BCUT2D eigenvalue weighted by Gasteiger charge is 2.62. The van der Waals surface area contributed by atoms with Crippen LogP contribution in [0.25, 0.3) is 10.8 Å². The van der Waals surface area contributed by atoms with Crippen LogP contribution >= 0.6 is 0 Å². The van der Waals surface area contributed by atoms with Crippen molar-refractivity contribution in [2.75, 3.05) is 11.9 Å². The van der Waals surface area contributed by atoms with Crippen LogP contribution in [0.3, 0.4) is 0 Å². The van der Waals surface area contributed by atoms with E-state index in [-0.39, 0.29) is 30.5 Å². The molecule has 4 rings (SSSR count). The first-order chi connectivity index (χ1) is 16.0. The van der Waals surface area contributed by atoms with Crippen LogP contribution in [-0.2, 0) is 10.2 Å². The predicted molar refractivity (Wildman–Crippen MR) is 118 cm³/mol. The lowest BCUT2D eigenvalue weighted by atomic mass is 9.67. The molecule has 2 heterocycles. The molecule has 1 aromatic heterocycles. The number of fused-ring (bicyclic) bond motifs is 2. The monoisotopic (exact) mass is 476 g/mol. The molecule has 0 bridgehead atoms. The minimum Gasteiger partial charge on any atom is -0.493 e. The quantitative estimate of drug-likeness (QED) is 0.571. The molecule has 0 radical (unpaired) electrons. The van der Waals surface area contributed by atoms with Crippen molar-refractivity contribution in [3.63, 3.8) is 0 Å². The lowest BCUT2D eigenvalue weighted by molar-refractivity contribution is -0.256. The largest absolute Gasteiger partial charge is 0.493 e. The number of anilines is 1. The minimum atomic E-state index is -5.25. The second-order valence-electron chi connectivity index (χ2n) is 8.53. The Kier molecular flexibility index (Phi) is 5.89. The van der Waals surface area contributed by atoms with Crippen molar-refractivity contribution in [1.82, 2.24) is 5.16 Å². The van der Waals surface area contributed by atoms with Crippen molar-refractivity contribution in [2.24, 2.45) is 0 Å². The molecular formula is C24H23F3N2O5. The Labute approximate surface area is 192 Å². The Morgan fingerprint density at radius 2 is 1.94 bits per heavy atom. The molecule has 0 spiro atoms. The number of ether oxygens (including phenoxy) is 1. The number of aryl methyl sites for hydroxylation is 1. The molecule has 0 saturated heterocycles. The normalized spacial score (nSPS) is 19.7. The number of hydrogen-bond acceptors (Lipinski definition) is 6. The van der Waals surface area contributed by atoms with Gasteiger partial charge in [0.2, 0.25) is 5.60 Å². The number of aromatic nitrogens is 1. The van der Waals surface area contributed by atoms with Gasteiger partial charge in [-0.15, -0.1) is 0 Å². The van der Waals surface area contributed by atoms with Crippen molar-refractivity contribution >= 4 is 22.4 Å². The van der Waals surface area contributed by atoms with Gasteiger partial charge in [-0.2, -0.15) is 13.2 Å². The predicted octanol–water partition coefficient (Wildman–Crippen LogP) is 4.25. The molecule has 10 heteroatoms. The van der Waals surface area contributed by atoms with E-state index in [1.807, 2.05) is 0 Å². The number of alkyl halides is 3. The van der Waals surface area contributed by atoms with Gasteiger partial charge in [-0.25, -0.2) is 4.79 Å². The van der Waals surface area contributed by atoms with E-state index in [1.165, 1.54) is 18.2 Å². The number of aliphatic hydroxyl groups is 1. The van der Waals surface area contributed by atoms with Crippen molar-refractivity contribution < 1.29 is 32.3 Å². The fourth-order valence-electron chi connectivity index (χ4n) is 4.54. The van der Waals surface area contributed by atoms with E-state index in [0.29, 0.717) is 22.4 Å². The van der Waals surface area contributed by atoms with Gasteiger partial charge in [-0.1, -0.05) is 30.3 Å². The maximum Gasteiger partial charge on any atom is 0.426 e. The molecule has 0 aliphatic carbocycles. The second-order valence-corrected chi connectivity index (χ2v) is 8.53. The third-order valence-electron chi connectivity index (χ3n) is 6.56. The lowest BCUT2D eigenvalue weighted by Crippen LogP contribution is -2.58. The van der Waals surface area contributed by atoms with Gasteiger partial charge in [0.25, 0.3) is 5.91 Å². The highest BCUT2D eigenvalue weighted by atomic mass is 19.4. The molecule has 2 atom stereocenters. The number of hydrogen-bond donors (Lipinski definition) is 2. The van der Waals surface area contributed by atoms with Crippen molar-refractivity contribution in [3.8, 4) is 5.75 Å². The van der Waals surface area contributed by atoms with Gasteiger partial charge in [0.1, 0.15) is 5.75 Å². The molecule has 180 valence electrons. The minimum absolute atomic E-state index is 0.0198. The maximum atomic E-state index is 14.3. The number of carbonyl (C=O) groups excluding carboxylic acids is 1. The molecule has 3 aromatic rings. The molecule has 7 nitrogen and oxygen atoms in total. The summed E-state index contributed by atoms with van der Waals surface area (Å²) < 4.78 is 53.0. The van der Waals surface area contributed by atoms with Gasteiger partial charge < -0.3 is 19.7 Å². The van der Waals surface area contributed by atoms with Crippen LogP contribution in [0.1, 0.15) is 37.4 Å². The van der Waals surface area contributed by atoms with E-state index in [0.717, 1.165) is 0 Å². The number of para-hydroxylation sites is 1. The lowest BCUT2D eigenvalue weighted by Gasteiger charge is -2.43. The number of halogens is 3. The van der Waals surface area contributed by atoms with Gasteiger partial charge in [0.15, 0.2) is 0 Å². The van der Waals surface area contributed by atoms with Crippen LogP contribution in [0.2, 0.25) is 0 Å². The summed E-state index contributed by atoms with van der Waals surface area (Å²) in [6, 6.07) is 10.6. The van der Waals surface area contributed by atoms with Crippen molar-refractivity contribution in [2.45, 2.75) is 50.3 Å². The zero-order valence-electron chi connectivity index (χ0n) is 18.5. The number of benzene rings is 2. The third kappa shape index (κ3) is 3.91. The molecule has 2 aromatic carbocycles. The summed E-state index contributed by atoms with van der Waals surface area (Å²) in [6.07, 6.45) is -5.65. The summed E-state index contributed by atoms with van der Waals surface area (Å²) in [6.45, 7) is 3.44. The molecular weight excluding hydrogens is 453 g/mol. The number of carbonyl (C=O) groups is 1. The maximum absolute atomic E-state index is 14.3. The van der Waals surface area contributed by atoms with E-state index in [4.69, 9.17) is 4.74 Å². The van der Waals surface area contributed by atoms with E-state index >= 15 is 0 Å². The summed E-state index contributed by atoms with van der Waals surface area (Å²) in [5.74, 6) is -1.17. The van der Waals surface area contributed by atoms with Gasteiger partial charge in [0.05, 0.1) is 17.7 Å². The second kappa shape index (κ2) is 8.43. The summed E-state index contributed by atoms with van der Waals surface area (Å²) >= 11 is 0. The SMILES string of the molecule is CCC1(CC(O)(C(=O)Nc2ccc3c(=O)onc(C)c3c2)C(F)(F)F)CCOc2ccccc21. The first-order valence-corrected chi connectivity index (χ1v) is 10.7. The van der Waals surface area contributed by atoms with Crippen molar-refractivity contribution in [1.29, 1.82) is 0 Å². The summed E-state index contributed by atoms with van der Waals surface area (Å²) in [5.41, 5.74) is -4.69. The molecule has 0 fully saturated rings. The van der Waals surface area contributed by atoms with Crippen LogP contribution in [0.4, 0.5) is 18.9 Å². The summed E-state index contributed by atoms with van der Waals surface area (Å²) in [7, 11) is 0. The Morgan fingerprint density at radius 1 is 1.21 bits per heavy atom. The average Bonchev–Trinajstić information content (AvgIpc) is 2.81. The van der Waals surface area contributed by atoms with E-state index in [1.54, 1.807) is 38.1 Å². The average molecular weight is 476 g/mol. The molecule has 2 N–H and O–H groups in total. The Bertz CT molecular complexity index is 1310. The molecule has 1 aliphatic rings. The standard InChI is InChI=1S/C24H23F3N2O5/c1-3-22(10-11-33-19-7-5-4-6-18(19)22)13-23(32,24(25,26)27)21(31)28-15-8-9-16-17(12-15)14(2)29-34-20(16)30/h4-9,12,32H,3,10-11,13H2,1-2H3,(H,28,31). The number of amides is 1. The topological polar surface area (TPSA) is 102 Å². The fraction of sp³-hybridized carbons (Fsp3) is 0.375. The smallest absolute Gasteiger partial charge is 0.426 e. The number of nitrogens with one attached hydrogen (secondary N) is 1. The molecule has 1 amide bonds. The van der Waals surface area contributed by atoms with Crippen LogP contribution in [0.15, 0.2) is 51.8 Å². The van der Waals surface area contributed by atoms with E-state index < -0.39 is 35.1 Å². The Hall–Kier alpha value is -3.40. The molecule has 34 heavy (non-hydrogen) atoms. The zero-order chi connectivity index (χ0) is 24.7. The van der Waals surface area contributed by atoms with Crippen LogP contribution in [0, 0.1) is 6.92 Å². The highest BCUT2D eigenvalue weighted by Crippen LogP contribution is 2.49. The molecule has 1 aliphatic heterocycles. The fourth-order valence-corrected chi connectivity index (χ4v) is 4.54. The molecule has 2 unspecified atom stereocenters. The van der Waals surface area contributed by atoms with Gasteiger partial charge >= 0.3 is 11.8 Å². The Balaban J connectivity index is 1.72. The van der Waals surface area contributed by atoms with Crippen LogP contribution in [0.5, 0.6) is 5.75 Å². The first-order valence-electron chi connectivity index (χ1n) is 10.7. The van der Waals surface area contributed by atoms with E-state index in [9.17, 15) is 27.9 Å².